The summed E-state index contributed by atoms with van der Waals surface area (Å²) >= 11 is 7.78. The summed E-state index contributed by atoms with van der Waals surface area (Å²) in [5.41, 5.74) is 2.29. The van der Waals surface area contributed by atoms with Gasteiger partial charge in [0.25, 0.3) is 0 Å². The zero-order chi connectivity index (χ0) is 28.3. The topological polar surface area (TPSA) is 132 Å². The van der Waals surface area contributed by atoms with E-state index in [1.807, 2.05) is 43.3 Å². The Labute approximate surface area is 246 Å². The molecule has 2 amide bonds. The van der Waals surface area contributed by atoms with Crippen molar-refractivity contribution in [2.24, 2.45) is 5.92 Å². The van der Waals surface area contributed by atoms with Crippen molar-refractivity contribution in [1.29, 1.82) is 0 Å². The van der Waals surface area contributed by atoms with Crippen molar-refractivity contribution >= 4 is 58.3 Å². The summed E-state index contributed by atoms with van der Waals surface area (Å²) in [4.78, 5) is 37.6. The summed E-state index contributed by atoms with van der Waals surface area (Å²) < 4.78 is 1.72. The third-order valence-corrected chi connectivity index (χ3v) is 8.61. The number of nitrogens with zero attached hydrogens (tertiary/aromatic N) is 5. The number of hydrogen-bond donors (Lipinski definition) is 4. The van der Waals surface area contributed by atoms with Gasteiger partial charge in [0.15, 0.2) is 11.0 Å². The highest BCUT2D eigenvalue weighted by Crippen LogP contribution is 2.30. The molecule has 1 atom stereocenters. The predicted octanol–water partition coefficient (Wildman–Crippen LogP) is 4.63. The molecule has 2 fully saturated rings. The summed E-state index contributed by atoms with van der Waals surface area (Å²) in [5.74, 6) is 1.13. The van der Waals surface area contributed by atoms with Gasteiger partial charge in [-0.1, -0.05) is 24.4 Å². The molecule has 1 saturated heterocycles. The van der Waals surface area contributed by atoms with E-state index in [0.29, 0.717) is 46.0 Å². The Morgan fingerprint density at radius 3 is 2.66 bits per heavy atom. The van der Waals surface area contributed by atoms with Crippen molar-refractivity contribution in [2.75, 3.05) is 30.3 Å². The van der Waals surface area contributed by atoms with Crippen LogP contribution in [0.4, 0.5) is 17.5 Å². The Hall–Kier alpha value is -3.61. The van der Waals surface area contributed by atoms with Gasteiger partial charge in [-0.2, -0.15) is 10.1 Å². The third-order valence-electron chi connectivity index (χ3n) is 7.44. The Kier molecular flexibility index (Phi) is 8.13. The second kappa shape index (κ2) is 12.1. The van der Waals surface area contributed by atoms with Gasteiger partial charge in [-0.3, -0.25) is 24.0 Å². The molecule has 13 heteroatoms. The van der Waals surface area contributed by atoms with Crippen molar-refractivity contribution in [3.05, 3.63) is 53.3 Å². The molecule has 1 aromatic carbocycles. The van der Waals surface area contributed by atoms with Crippen LogP contribution in [-0.4, -0.2) is 67.0 Å². The number of likely N-dealkylation sites (tertiary alicyclic amines) is 1. The van der Waals surface area contributed by atoms with Gasteiger partial charge in [0, 0.05) is 34.9 Å². The van der Waals surface area contributed by atoms with Crippen LogP contribution in [0.5, 0.6) is 0 Å². The molecule has 0 unspecified atom stereocenters. The van der Waals surface area contributed by atoms with Crippen molar-refractivity contribution in [3.8, 4) is 0 Å². The van der Waals surface area contributed by atoms with Crippen molar-refractivity contribution in [1.82, 2.24) is 34.8 Å². The summed E-state index contributed by atoms with van der Waals surface area (Å²) in [6.07, 6.45) is 5.34. The second-order valence-corrected chi connectivity index (χ2v) is 12.1. The average Bonchev–Trinajstić information content (AvgIpc) is 3.75. The lowest BCUT2D eigenvalue weighted by atomic mass is 10.1. The van der Waals surface area contributed by atoms with Crippen LogP contribution in [0, 0.1) is 12.8 Å². The van der Waals surface area contributed by atoms with Crippen molar-refractivity contribution in [3.63, 3.8) is 0 Å². The van der Waals surface area contributed by atoms with Gasteiger partial charge in [-0.15, -0.1) is 0 Å². The molecule has 4 aromatic rings. The lowest BCUT2D eigenvalue weighted by molar-refractivity contribution is -0.125. The number of fused-ring (bicyclic) bond motifs is 1. The van der Waals surface area contributed by atoms with Crippen LogP contribution in [0.15, 0.2) is 52.5 Å². The average molecular weight is 594 g/mol. The van der Waals surface area contributed by atoms with Crippen LogP contribution in [0.2, 0.25) is 5.15 Å². The number of anilines is 3. The van der Waals surface area contributed by atoms with E-state index in [-0.39, 0.29) is 24.3 Å². The quantitative estimate of drug-likeness (QED) is 0.221. The van der Waals surface area contributed by atoms with Crippen molar-refractivity contribution in [2.45, 2.75) is 55.1 Å². The maximum absolute atomic E-state index is 12.7. The number of carbonyl (C=O) groups excluding carboxylic acids is 2. The fourth-order valence-electron chi connectivity index (χ4n) is 5.38. The summed E-state index contributed by atoms with van der Waals surface area (Å²) in [5, 5.41) is 17.5. The van der Waals surface area contributed by atoms with Gasteiger partial charge < -0.3 is 16.0 Å². The molecule has 3 aromatic heterocycles. The smallest absolute Gasteiger partial charge is 0.238 e. The lowest BCUT2D eigenvalue weighted by Crippen LogP contribution is -2.39. The standard InChI is InChI=1S/C28H32ClN9O2S/c1-17-14-23(36-35-17)32-27-34-28(33-24-11-10-22(29)38(24)27)41-21-8-6-20(7-9-21)30-25(39)16-37-13-12-18(15-37)26(40)31-19-4-2-3-5-19/h6-11,14,18-19H,2-5,12-13,15-16H2,1H3,(H,30,39)(H,31,40)(H2,32,33,34,35,36)/t18-/m1/s1. The molecule has 1 aliphatic heterocycles. The van der Waals surface area contributed by atoms with Crippen molar-refractivity contribution < 1.29 is 9.59 Å². The molecule has 4 N–H and O–H groups in total. The molecule has 214 valence electrons. The molecule has 6 rings (SSSR count). The first-order valence-corrected chi connectivity index (χ1v) is 15.0. The van der Waals surface area contributed by atoms with Gasteiger partial charge in [0.1, 0.15) is 10.8 Å². The minimum Gasteiger partial charge on any atom is -0.353 e. The number of H-pyrrole nitrogens is 1. The first-order valence-electron chi connectivity index (χ1n) is 13.8. The van der Waals surface area contributed by atoms with Crippen LogP contribution in [0.25, 0.3) is 5.65 Å². The highest BCUT2D eigenvalue weighted by atomic mass is 35.5. The molecule has 2 aliphatic rings. The second-order valence-electron chi connectivity index (χ2n) is 10.6. The monoisotopic (exact) mass is 593 g/mol. The summed E-state index contributed by atoms with van der Waals surface area (Å²) in [6.45, 7) is 3.56. The maximum Gasteiger partial charge on any atom is 0.238 e. The first kappa shape index (κ1) is 27.6. The van der Waals surface area contributed by atoms with Gasteiger partial charge in [-0.05, 0) is 80.9 Å². The van der Waals surface area contributed by atoms with Crippen LogP contribution in [-0.2, 0) is 9.59 Å². The van der Waals surface area contributed by atoms with E-state index >= 15 is 0 Å². The molecular weight excluding hydrogens is 562 g/mol. The minimum atomic E-state index is -0.0922. The zero-order valence-corrected chi connectivity index (χ0v) is 24.3. The lowest BCUT2D eigenvalue weighted by Gasteiger charge is -2.17. The van der Waals surface area contributed by atoms with E-state index < -0.39 is 0 Å². The normalized spacial score (nSPS) is 17.8. The van der Waals surface area contributed by atoms with E-state index in [1.54, 1.807) is 10.5 Å². The molecule has 4 heterocycles. The Bertz CT molecular complexity index is 1550. The molecule has 1 saturated carbocycles. The Balaban J connectivity index is 1.04. The number of amides is 2. The third kappa shape index (κ3) is 6.66. The van der Waals surface area contributed by atoms with E-state index in [4.69, 9.17) is 11.6 Å². The Morgan fingerprint density at radius 2 is 1.90 bits per heavy atom. The summed E-state index contributed by atoms with van der Waals surface area (Å²) in [7, 11) is 0. The van der Waals surface area contributed by atoms with Gasteiger partial charge >= 0.3 is 0 Å². The van der Waals surface area contributed by atoms with E-state index in [9.17, 15) is 9.59 Å². The number of hydrogen-bond acceptors (Lipinski definition) is 8. The zero-order valence-electron chi connectivity index (χ0n) is 22.7. The van der Waals surface area contributed by atoms with E-state index in [2.05, 4.69) is 41.0 Å². The molecule has 1 aliphatic carbocycles. The van der Waals surface area contributed by atoms with Crippen LogP contribution < -0.4 is 16.0 Å². The number of aromatic amines is 1. The Morgan fingerprint density at radius 1 is 1.10 bits per heavy atom. The number of rotatable bonds is 9. The highest BCUT2D eigenvalue weighted by molar-refractivity contribution is 7.99. The van der Waals surface area contributed by atoms with Gasteiger partial charge in [0.05, 0.1) is 12.5 Å². The number of aromatic nitrogens is 5. The van der Waals surface area contributed by atoms with Crippen LogP contribution in [0.3, 0.4) is 0 Å². The number of benzene rings is 1. The first-order chi connectivity index (χ1) is 19.9. The molecule has 41 heavy (non-hydrogen) atoms. The number of aryl methyl sites for hydroxylation is 1. The van der Waals surface area contributed by atoms with Gasteiger partial charge in [-0.25, -0.2) is 4.98 Å². The van der Waals surface area contributed by atoms with Crippen LogP contribution >= 0.6 is 23.4 Å². The predicted molar refractivity (Wildman–Crippen MR) is 159 cm³/mol. The number of nitrogens with one attached hydrogen (secondary N) is 4. The molecule has 0 radical (unpaired) electrons. The fraction of sp³-hybridized carbons (Fsp3) is 0.393. The number of halogens is 1. The molecule has 0 spiro atoms. The summed E-state index contributed by atoms with van der Waals surface area (Å²) in [6, 6.07) is 13.4. The SMILES string of the molecule is Cc1cc(Nc2nc(Sc3ccc(NC(=O)CN4CC[C@@H](C(=O)NC5CCCC5)C4)cc3)nc3ccc(Cl)n23)n[nH]1. The van der Waals surface area contributed by atoms with Gasteiger partial charge in [0.2, 0.25) is 17.8 Å². The number of carbonyl (C=O) groups is 2. The van der Waals surface area contributed by atoms with E-state index in [1.165, 1.54) is 24.6 Å². The maximum atomic E-state index is 12.7. The molecule has 0 bridgehead atoms. The largest absolute Gasteiger partial charge is 0.353 e. The van der Waals surface area contributed by atoms with E-state index in [0.717, 1.165) is 36.4 Å². The minimum absolute atomic E-state index is 0.0388. The highest BCUT2D eigenvalue weighted by Gasteiger charge is 2.31. The molecular formula is C28H32ClN9O2S. The fourth-order valence-corrected chi connectivity index (χ4v) is 6.37. The molecule has 11 nitrogen and oxygen atoms in total. The van der Waals surface area contributed by atoms with Crippen LogP contribution in [0.1, 0.15) is 37.8 Å².